The Morgan fingerprint density at radius 2 is 1.89 bits per heavy atom. The average Bonchev–Trinajstić information content (AvgIpc) is 2.30. The second-order valence-electron chi connectivity index (χ2n) is 3.43. The Bertz CT molecular complexity index is 535. The molecule has 0 radical (unpaired) electrons. The summed E-state index contributed by atoms with van der Waals surface area (Å²) in [5, 5.41) is 19.3. The summed E-state index contributed by atoms with van der Waals surface area (Å²) in [7, 11) is 0. The molecular formula is C10H8Cl2N2O5. The molecule has 0 saturated carbocycles. The van der Waals surface area contributed by atoms with Crippen molar-refractivity contribution in [3.8, 4) is 0 Å². The Kier molecular flexibility index (Phi) is 5.08. The van der Waals surface area contributed by atoms with E-state index in [1.165, 1.54) is 12.1 Å². The van der Waals surface area contributed by atoms with Crippen molar-refractivity contribution in [1.82, 2.24) is 10.3 Å². The van der Waals surface area contributed by atoms with Crippen LogP contribution in [-0.4, -0.2) is 39.1 Å². The monoisotopic (exact) mass is 306 g/mol. The van der Waals surface area contributed by atoms with Gasteiger partial charge in [0.2, 0.25) is 0 Å². The second kappa shape index (κ2) is 6.35. The fourth-order valence-electron chi connectivity index (χ4n) is 1.18. The molecular weight excluding hydrogens is 299 g/mol. The van der Waals surface area contributed by atoms with Crippen LogP contribution in [0.15, 0.2) is 12.1 Å². The van der Waals surface area contributed by atoms with Gasteiger partial charge in [0.15, 0.2) is 0 Å². The van der Waals surface area contributed by atoms with Gasteiger partial charge in [0.25, 0.3) is 5.91 Å². The number of pyridine rings is 1. The van der Waals surface area contributed by atoms with Crippen molar-refractivity contribution in [2.75, 3.05) is 0 Å². The molecule has 0 unspecified atom stereocenters. The lowest BCUT2D eigenvalue weighted by Gasteiger charge is -2.12. The zero-order valence-electron chi connectivity index (χ0n) is 9.26. The standard InChI is InChI=1S/C10H8Cl2N2O5/c11-4-1-2-6(12)14-8(4)9(17)13-5(10(18)19)3-7(15)16/h1-2,5H,3H2,(H,13,17)(H,15,16)(H,18,19)/t5-/m1/s1. The Balaban J connectivity index is 2.90. The van der Waals surface area contributed by atoms with Crippen molar-refractivity contribution in [2.24, 2.45) is 0 Å². The van der Waals surface area contributed by atoms with Crippen molar-refractivity contribution in [3.63, 3.8) is 0 Å². The van der Waals surface area contributed by atoms with Crippen LogP contribution in [-0.2, 0) is 9.59 Å². The average molecular weight is 307 g/mol. The number of nitrogens with zero attached hydrogens (tertiary/aromatic N) is 1. The van der Waals surface area contributed by atoms with Gasteiger partial charge in [-0.2, -0.15) is 0 Å². The number of halogens is 2. The summed E-state index contributed by atoms with van der Waals surface area (Å²) in [5.41, 5.74) is -0.272. The molecule has 1 amide bonds. The number of carbonyl (C=O) groups is 3. The molecule has 1 atom stereocenters. The second-order valence-corrected chi connectivity index (χ2v) is 4.22. The Labute approximate surface area is 117 Å². The lowest BCUT2D eigenvalue weighted by Crippen LogP contribution is -2.42. The van der Waals surface area contributed by atoms with Gasteiger partial charge < -0.3 is 15.5 Å². The first-order chi connectivity index (χ1) is 8.81. The minimum atomic E-state index is -1.58. The van der Waals surface area contributed by atoms with E-state index in [0.717, 1.165) is 0 Å². The first-order valence-electron chi connectivity index (χ1n) is 4.88. The first kappa shape index (κ1) is 15.2. The number of nitrogens with one attached hydrogen (secondary N) is 1. The molecule has 0 saturated heterocycles. The lowest BCUT2D eigenvalue weighted by molar-refractivity contribution is -0.145. The molecule has 0 aromatic carbocycles. The maximum atomic E-state index is 11.7. The minimum Gasteiger partial charge on any atom is -0.481 e. The van der Waals surface area contributed by atoms with Crippen LogP contribution in [0.3, 0.4) is 0 Å². The summed E-state index contributed by atoms with van der Waals surface area (Å²) in [4.78, 5) is 36.7. The first-order valence-corrected chi connectivity index (χ1v) is 5.64. The van der Waals surface area contributed by atoms with Gasteiger partial charge in [-0.25, -0.2) is 9.78 Å². The van der Waals surface area contributed by atoms with Crippen molar-refractivity contribution in [3.05, 3.63) is 28.0 Å². The van der Waals surface area contributed by atoms with Gasteiger partial charge in [0.05, 0.1) is 11.4 Å². The van der Waals surface area contributed by atoms with Crippen molar-refractivity contribution >= 4 is 41.0 Å². The van der Waals surface area contributed by atoms with Crippen LogP contribution in [0.4, 0.5) is 0 Å². The maximum Gasteiger partial charge on any atom is 0.326 e. The van der Waals surface area contributed by atoms with Crippen LogP contribution >= 0.6 is 23.2 Å². The number of hydrogen-bond donors (Lipinski definition) is 3. The molecule has 0 aliphatic rings. The van der Waals surface area contributed by atoms with Crippen LogP contribution in [0.2, 0.25) is 10.2 Å². The van der Waals surface area contributed by atoms with Gasteiger partial charge in [0, 0.05) is 0 Å². The molecule has 7 nitrogen and oxygen atoms in total. The minimum absolute atomic E-state index is 0.000315. The summed E-state index contributed by atoms with van der Waals surface area (Å²) in [6, 6.07) is 1.09. The molecule has 1 aromatic rings. The fraction of sp³-hybridized carbons (Fsp3) is 0.200. The van der Waals surface area contributed by atoms with Gasteiger partial charge in [0.1, 0.15) is 16.9 Å². The molecule has 0 bridgehead atoms. The third-order valence-corrected chi connectivity index (χ3v) is 2.52. The van der Waals surface area contributed by atoms with Gasteiger partial charge >= 0.3 is 11.9 Å². The smallest absolute Gasteiger partial charge is 0.326 e. The topological polar surface area (TPSA) is 117 Å². The van der Waals surface area contributed by atoms with Gasteiger partial charge in [-0.05, 0) is 12.1 Å². The highest BCUT2D eigenvalue weighted by Crippen LogP contribution is 2.16. The summed E-state index contributed by atoms with van der Waals surface area (Å²) in [5.74, 6) is -3.76. The van der Waals surface area contributed by atoms with Gasteiger partial charge in [-0.15, -0.1) is 0 Å². The molecule has 1 heterocycles. The Morgan fingerprint density at radius 1 is 1.26 bits per heavy atom. The number of aromatic nitrogens is 1. The van der Waals surface area contributed by atoms with E-state index in [9.17, 15) is 14.4 Å². The molecule has 0 spiro atoms. The number of carboxylic acid groups (broad SMARTS) is 2. The van der Waals surface area contributed by atoms with E-state index < -0.39 is 30.3 Å². The number of amides is 1. The molecule has 0 aliphatic carbocycles. The van der Waals surface area contributed by atoms with Crippen molar-refractivity contribution in [2.45, 2.75) is 12.5 Å². The molecule has 9 heteroatoms. The van der Waals surface area contributed by atoms with E-state index >= 15 is 0 Å². The largest absolute Gasteiger partial charge is 0.481 e. The molecule has 3 N–H and O–H groups in total. The number of aliphatic carboxylic acids is 2. The molecule has 19 heavy (non-hydrogen) atoms. The maximum absolute atomic E-state index is 11.7. The van der Waals surface area contributed by atoms with E-state index in [0.29, 0.717) is 0 Å². The number of carboxylic acids is 2. The van der Waals surface area contributed by atoms with Crippen LogP contribution in [0, 0.1) is 0 Å². The highest BCUT2D eigenvalue weighted by molar-refractivity contribution is 6.34. The number of rotatable bonds is 5. The summed E-state index contributed by atoms with van der Waals surface area (Å²) in [6.45, 7) is 0. The quantitative estimate of drug-likeness (QED) is 0.700. The zero-order valence-corrected chi connectivity index (χ0v) is 10.8. The van der Waals surface area contributed by atoms with Gasteiger partial charge in [-0.3, -0.25) is 9.59 Å². The normalized spacial score (nSPS) is 11.7. The number of carbonyl (C=O) groups excluding carboxylic acids is 1. The zero-order chi connectivity index (χ0) is 14.6. The van der Waals surface area contributed by atoms with Crippen LogP contribution in [0.5, 0.6) is 0 Å². The summed E-state index contributed by atoms with van der Waals surface area (Å²) < 4.78 is 0. The van der Waals surface area contributed by atoms with Crippen LogP contribution < -0.4 is 5.32 Å². The predicted octanol–water partition coefficient (Wildman–Crippen LogP) is 1.05. The third-order valence-electron chi connectivity index (χ3n) is 2.01. The summed E-state index contributed by atoms with van der Waals surface area (Å²) in [6.07, 6.45) is -0.765. The fourth-order valence-corrected chi connectivity index (χ4v) is 1.52. The predicted molar refractivity (Wildman–Crippen MR) is 65.4 cm³/mol. The van der Waals surface area contributed by atoms with Crippen LogP contribution in [0.25, 0.3) is 0 Å². The highest BCUT2D eigenvalue weighted by atomic mass is 35.5. The third kappa shape index (κ3) is 4.38. The SMILES string of the molecule is O=C(O)C[C@@H](NC(=O)c1nc(Cl)ccc1Cl)C(=O)O. The Morgan fingerprint density at radius 3 is 2.42 bits per heavy atom. The van der Waals surface area contributed by atoms with Gasteiger partial charge in [-0.1, -0.05) is 23.2 Å². The van der Waals surface area contributed by atoms with E-state index in [-0.39, 0.29) is 15.9 Å². The molecule has 1 aromatic heterocycles. The molecule has 0 aliphatic heterocycles. The van der Waals surface area contributed by atoms with Crippen molar-refractivity contribution < 1.29 is 24.6 Å². The molecule has 1 rings (SSSR count). The highest BCUT2D eigenvalue weighted by Gasteiger charge is 2.25. The van der Waals surface area contributed by atoms with Crippen molar-refractivity contribution in [1.29, 1.82) is 0 Å². The summed E-state index contributed by atoms with van der Waals surface area (Å²) >= 11 is 11.3. The number of hydrogen-bond acceptors (Lipinski definition) is 4. The molecule has 0 fully saturated rings. The van der Waals surface area contributed by atoms with E-state index in [1.807, 2.05) is 5.32 Å². The molecule has 102 valence electrons. The Hall–Kier alpha value is -1.86. The lowest BCUT2D eigenvalue weighted by atomic mass is 10.2. The van der Waals surface area contributed by atoms with Crippen LogP contribution in [0.1, 0.15) is 16.9 Å². The van der Waals surface area contributed by atoms with E-state index in [1.54, 1.807) is 0 Å². The van der Waals surface area contributed by atoms with E-state index in [4.69, 9.17) is 33.4 Å². The van der Waals surface area contributed by atoms with E-state index in [2.05, 4.69) is 4.98 Å².